The van der Waals surface area contributed by atoms with Crippen LogP contribution in [0.25, 0.3) is 0 Å². The van der Waals surface area contributed by atoms with E-state index in [2.05, 4.69) is 17.6 Å². The van der Waals surface area contributed by atoms with Crippen LogP contribution in [-0.4, -0.2) is 26.4 Å². The minimum Gasteiger partial charge on any atom is -0.489 e. The van der Waals surface area contributed by atoms with Crippen LogP contribution in [0, 0.1) is 6.92 Å². The highest BCUT2D eigenvalue weighted by Crippen LogP contribution is 2.37. The van der Waals surface area contributed by atoms with E-state index in [0.29, 0.717) is 39.1 Å². The molecule has 0 fully saturated rings. The number of nitrogens with zero attached hydrogens (tertiary/aromatic N) is 3. The molecule has 5 rings (SSSR count). The second-order valence-electron chi connectivity index (χ2n) is 9.85. The average molecular weight is 609 g/mol. The maximum atomic E-state index is 13.8. The first kappa shape index (κ1) is 29.0. The van der Waals surface area contributed by atoms with E-state index in [0.717, 1.165) is 46.7 Å². The molecule has 7 nitrogen and oxygen atoms in total. The van der Waals surface area contributed by atoms with E-state index < -0.39 is 6.04 Å². The van der Waals surface area contributed by atoms with E-state index in [1.54, 1.807) is 28.6 Å². The number of halogens is 2. The monoisotopic (exact) mass is 607 g/mol. The lowest BCUT2D eigenvalue weighted by Crippen LogP contribution is -2.31. The SMILES string of the molecule is CCCCSc1nc2n(n1)C(c1ccc(OCc3ccc(Cl)cc3Cl)cc1)C(C(=O)Nc1cccc(C)c1)=C(C)N2. The van der Waals surface area contributed by atoms with Crippen LogP contribution in [0.1, 0.15) is 49.4 Å². The number of thioether (sulfide) groups is 1. The number of anilines is 2. The molecule has 2 heterocycles. The molecule has 1 aromatic heterocycles. The van der Waals surface area contributed by atoms with E-state index in [9.17, 15) is 4.79 Å². The van der Waals surface area contributed by atoms with Crippen LogP contribution in [0.4, 0.5) is 11.6 Å². The summed E-state index contributed by atoms with van der Waals surface area (Å²) >= 11 is 13.9. The second-order valence-corrected chi connectivity index (χ2v) is 11.8. The van der Waals surface area contributed by atoms with Gasteiger partial charge in [-0.05, 0) is 67.8 Å². The highest BCUT2D eigenvalue weighted by Gasteiger charge is 2.34. The molecule has 1 aliphatic rings. The van der Waals surface area contributed by atoms with Crippen molar-refractivity contribution in [2.24, 2.45) is 0 Å². The van der Waals surface area contributed by atoms with Crippen molar-refractivity contribution in [3.8, 4) is 5.75 Å². The predicted octanol–water partition coefficient (Wildman–Crippen LogP) is 8.29. The van der Waals surface area contributed by atoms with Gasteiger partial charge in [-0.15, -0.1) is 5.10 Å². The van der Waals surface area contributed by atoms with E-state index in [4.69, 9.17) is 38.0 Å². The normalized spacial score (nSPS) is 14.4. The van der Waals surface area contributed by atoms with E-state index >= 15 is 0 Å². The number of allylic oxidation sites excluding steroid dienone is 1. The van der Waals surface area contributed by atoms with Crippen molar-refractivity contribution in [2.45, 2.75) is 51.4 Å². The molecule has 1 aliphatic heterocycles. The molecule has 0 bridgehead atoms. The zero-order valence-corrected chi connectivity index (χ0v) is 25.4. The van der Waals surface area contributed by atoms with Crippen molar-refractivity contribution in [3.05, 3.63) is 105 Å². The molecule has 1 amide bonds. The second kappa shape index (κ2) is 13.0. The highest BCUT2D eigenvalue weighted by atomic mass is 35.5. The van der Waals surface area contributed by atoms with Gasteiger partial charge in [0.1, 0.15) is 18.4 Å². The molecule has 41 heavy (non-hydrogen) atoms. The molecule has 0 aliphatic carbocycles. The van der Waals surface area contributed by atoms with Gasteiger partial charge in [0.15, 0.2) is 0 Å². The summed E-state index contributed by atoms with van der Waals surface area (Å²) in [7, 11) is 0. The quantitative estimate of drug-likeness (QED) is 0.139. The van der Waals surface area contributed by atoms with Crippen LogP contribution in [-0.2, 0) is 11.4 Å². The van der Waals surface area contributed by atoms with Gasteiger partial charge in [-0.1, -0.05) is 78.6 Å². The minimum atomic E-state index is -0.483. The van der Waals surface area contributed by atoms with Gasteiger partial charge in [-0.2, -0.15) is 4.98 Å². The molecule has 0 saturated heterocycles. The lowest BCUT2D eigenvalue weighted by Gasteiger charge is -2.28. The topological polar surface area (TPSA) is 81.1 Å². The predicted molar refractivity (Wildman–Crippen MR) is 167 cm³/mol. The first-order valence-corrected chi connectivity index (χ1v) is 15.2. The van der Waals surface area contributed by atoms with Crippen molar-refractivity contribution in [2.75, 3.05) is 16.4 Å². The van der Waals surface area contributed by atoms with E-state index in [1.807, 2.05) is 68.4 Å². The maximum Gasteiger partial charge on any atom is 0.255 e. The summed E-state index contributed by atoms with van der Waals surface area (Å²) in [5.74, 6) is 2.01. The summed E-state index contributed by atoms with van der Waals surface area (Å²) in [4.78, 5) is 18.5. The number of carbonyl (C=O) groups excluding carboxylic acids is 1. The molecule has 212 valence electrons. The Morgan fingerprint density at radius 1 is 1.10 bits per heavy atom. The number of unbranched alkanes of at least 4 members (excludes halogenated alkanes) is 1. The Labute approximate surface area is 254 Å². The van der Waals surface area contributed by atoms with Crippen LogP contribution in [0.15, 0.2) is 83.2 Å². The Bertz CT molecular complexity index is 1590. The number of carbonyl (C=O) groups is 1. The third-order valence-corrected chi connectivity index (χ3v) is 8.20. The van der Waals surface area contributed by atoms with Crippen molar-refractivity contribution >= 4 is 52.5 Å². The summed E-state index contributed by atoms with van der Waals surface area (Å²) in [6.07, 6.45) is 2.18. The standard InChI is InChI=1S/C31H31Cl2N5O2S/c1-4-5-15-41-31-36-30-34-20(3)27(29(39)35-24-8-6-7-19(2)16-24)28(38(30)37-31)21-10-13-25(14-11-21)40-18-22-9-12-23(32)17-26(22)33/h6-14,16-17,28H,4-5,15,18H2,1-3H3,(H,35,39)(H,34,36,37). The zero-order chi connectivity index (χ0) is 28.9. The van der Waals surface area contributed by atoms with Crippen LogP contribution < -0.4 is 15.4 Å². The molecule has 0 spiro atoms. The Balaban J connectivity index is 1.44. The molecule has 0 saturated carbocycles. The lowest BCUT2D eigenvalue weighted by atomic mass is 9.95. The first-order valence-electron chi connectivity index (χ1n) is 13.4. The summed E-state index contributed by atoms with van der Waals surface area (Å²) in [6.45, 7) is 6.35. The lowest BCUT2D eigenvalue weighted by molar-refractivity contribution is -0.113. The van der Waals surface area contributed by atoms with Gasteiger partial charge in [0.05, 0.1) is 5.57 Å². The molecule has 10 heteroatoms. The first-order chi connectivity index (χ1) is 19.8. The number of aromatic nitrogens is 3. The Morgan fingerprint density at radius 2 is 1.90 bits per heavy atom. The van der Waals surface area contributed by atoms with Crippen LogP contribution >= 0.6 is 35.0 Å². The molecular formula is C31H31Cl2N5O2S. The summed E-state index contributed by atoms with van der Waals surface area (Å²) < 4.78 is 7.80. The highest BCUT2D eigenvalue weighted by molar-refractivity contribution is 7.99. The number of rotatable bonds is 10. The van der Waals surface area contributed by atoms with Gasteiger partial charge in [0, 0.05) is 32.7 Å². The zero-order valence-electron chi connectivity index (χ0n) is 23.1. The van der Waals surface area contributed by atoms with Gasteiger partial charge in [-0.3, -0.25) is 4.79 Å². The Hall–Kier alpha value is -3.46. The van der Waals surface area contributed by atoms with Crippen molar-refractivity contribution in [3.63, 3.8) is 0 Å². The van der Waals surface area contributed by atoms with Gasteiger partial charge in [-0.25, -0.2) is 4.68 Å². The van der Waals surface area contributed by atoms with E-state index in [-0.39, 0.29) is 5.91 Å². The van der Waals surface area contributed by atoms with Gasteiger partial charge in [0.25, 0.3) is 5.91 Å². The number of amides is 1. The van der Waals surface area contributed by atoms with Crippen LogP contribution in [0.3, 0.4) is 0 Å². The van der Waals surface area contributed by atoms with Crippen LogP contribution in [0.5, 0.6) is 5.75 Å². The van der Waals surface area contributed by atoms with Crippen molar-refractivity contribution < 1.29 is 9.53 Å². The minimum absolute atomic E-state index is 0.204. The summed E-state index contributed by atoms with van der Waals surface area (Å²) in [5.41, 5.74) is 4.81. The average Bonchev–Trinajstić information content (AvgIpc) is 3.34. The fourth-order valence-corrected chi connectivity index (χ4v) is 5.95. The molecule has 2 N–H and O–H groups in total. The molecule has 3 aromatic carbocycles. The van der Waals surface area contributed by atoms with Gasteiger partial charge in [0.2, 0.25) is 11.1 Å². The van der Waals surface area contributed by atoms with Gasteiger partial charge >= 0.3 is 0 Å². The number of benzene rings is 3. The molecule has 1 unspecified atom stereocenters. The molecular weight excluding hydrogens is 577 g/mol. The third kappa shape index (κ3) is 6.89. The van der Waals surface area contributed by atoms with Gasteiger partial charge < -0.3 is 15.4 Å². The van der Waals surface area contributed by atoms with E-state index in [1.165, 1.54) is 0 Å². The Morgan fingerprint density at radius 3 is 2.63 bits per heavy atom. The number of aryl methyl sites for hydroxylation is 1. The number of nitrogens with one attached hydrogen (secondary N) is 2. The molecule has 0 radical (unpaired) electrons. The smallest absolute Gasteiger partial charge is 0.255 e. The number of fused-ring (bicyclic) bond motifs is 1. The number of hydrogen-bond donors (Lipinski definition) is 2. The number of hydrogen-bond acceptors (Lipinski definition) is 6. The summed E-state index contributed by atoms with van der Waals surface area (Å²) in [5, 5.41) is 13.0. The number of ether oxygens (including phenoxy) is 1. The molecule has 1 atom stereocenters. The summed E-state index contributed by atoms with van der Waals surface area (Å²) in [6, 6.07) is 20.3. The fraction of sp³-hybridized carbons (Fsp3) is 0.258. The van der Waals surface area contributed by atoms with Crippen molar-refractivity contribution in [1.29, 1.82) is 0 Å². The largest absolute Gasteiger partial charge is 0.489 e. The molecule has 4 aromatic rings. The van der Waals surface area contributed by atoms with Crippen LogP contribution in [0.2, 0.25) is 10.0 Å². The Kier molecular flexibility index (Phi) is 9.22. The third-order valence-electron chi connectivity index (χ3n) is 6.69. The van der Waals surface area contributed by atoms with Crippen molar-refractivity contribution in [1.82, 2.24) is 14.8 Å². The maximum absolute atomic E-state index is 13.8. The fourth-order valence-electron chi connectivity index (χ4n) is 4.57.